The van der Waals surface area contributed by atoms with Gasteiger partial charge in [-0.3, -0.25) is 4.79 Å². The Balaban J connectivity index is 1.60. The predicted octanol–water partition coefficient (Wildman–Crippen LogP) is 2.47. The van der Waals surface area contributed by atoms with Crippen molar-refractivity contribution in [2.24, 2.45) is 0 Å². The molecule has 1 aromatic carbocycles. The molecule has 2 heterocycles. The largest absolute Gasteiger partial charge is 0.416 e. The number of alkyl halides is 3. The zero-order valence-corrected chi connectivity index (χ0v) is 12.1. The number of nitrogens with one attached hydrogen (secondary N) is 1. The molecule has 0 aliphatic carbocycles. The van der Waals surface area contributed by atoms with Crippen LogP contribution in [0.5, 0.6) is 0 Å². The van der Waals surface area contributed by atoms with Crippen molar-refractivity contribution in [1.29, 1.82) is 0 Å². The lowest BCUT2D eigenvalue weighted by Gasteiger charge is -2.09. The summed E-state index contributed by atoms with van der Waals surface area (Å²) < 4.78 is 44.3. The maximum atomic E-state index is 12.6. The Bertz CT molecular complexity index is 816. The highest BCUT2D eigenvalue weighted by Gasteiger charge is 2.30. The van der Waals surface area contributed by atoms with Crippen molar-refractivity contribution < 1.29 is 22.4 Å². The summed E-state index contributed by atoms with van der Waals surface area (Å²) in [6, 6.07) is 4.40. The number of carbonyl (C=O) groups excluding carboxylic acids is 1. The van der Waals surface area contributed by atoms with Gasteiger partial charge in [-0.2, -0.15) is 17.7 Å². The molecule has 0 saturated heterocycles. The van der Waals surface area contributed by atoms with E-state index in [-0.39, 0.29) is 22.5 Å². The van der Waals surface area contributed by atoms with Crippen LogP contribution >= 0.6 is 11.8 Å². The van der Waals surface area contributed by atoms with Crippen molar-refractivity contribution in [3.05, 3.63) is 36.2 Å². The van der Waals surface area contributed by atoms with Crippen molar-refractivity contribution in [3.63, 3.8) is 0 Å². The number of rotatable bonds is 4. The van der Waals surface area contributed by atoms with Crippen LogP contribution in [-0.2, 0) is 11.0 Å². The molecule has 0 fully saturated rings. The van der Waals surface area contributed by atoms with E-state index in [0.717, 1.165) is 23.9 Å². The summed E-state index contributed by atoms with van der Waals surface area (Å²) in [7, 11) is 0. The molecule has 3 rings (SSSR count). The van der Waals surface area contributed by atoms with Crippen LogP contribution in [0.25, 0.3) is 5.84 Å². The molecule has 0 saturated carbocycles. The normalized spacial score (nSPS) is 11.8. The summed E-state index contributed by atoms with van der Waals surface area (Å²) in [6.45, 7) is 0. The first-order chi connectivity index (χ1) is 10.9. The average Bonchev–Trinajstić information content (AvgIpc) is 3.05. The molecule has 120 valence electrons. The van der Waals surface area contributed by atoms with Crippen molar-refractivity contribution in [3.8, 4) is 0 Å². The van der Waals surface area contributed by atoms with Crippen LogP contribution in [0.2, 0.25) is 0 Å². The Morgan fingerprint density at radius 3 is 2.96 bits per heavy atom. The fourth-order valence-electron chi connectivity index (χ4n) is 1.70. The molecule has 3 aromatic rings. The molecule has 2 aromatic heterocycles. The van der Waals surface area contributed by atoms with E-state index in [0.29, 0.717) is 0 Å². The summed E-state index contributed by atoms with van der Waals surface area (Å²) in [5, 5.41) is 13.7. The third-order valence-electron chi connectivity index (χ3n) is 2.67. The van der Waals surface area contributed by atoms with E-state index in [2.05, 4.69) is 20.6 Å². The van der Waals surface area contributed by atoms with E-state index in [9.17, 15) is 18.0 Å². The molecule has 0 bridgehead atoms. The second-order valence-electron chi connectivity index (χ2n) is 4.34. The summed E-state index contributed by atoms with van der Waals surface area (Å²) >= 11 is 0.987. The molecular formula is C12H8F3N5O2S. The van der Waals surface area contributed by atoms with Gasteiger partial charge in [-0.25, -0.2) is 0 Å². The highest BCUT2D eigenvalue weighted by atomic mass is 32.2. The summed E-state index contributed by atoms with van der Waals surface area (Å²) in [5.74, 6) is -0.373. The number of carbonyl (C=O) groups is 1. The number of aromatic nitrogens is 4. The molecule has 1 amide bonds. The van der Waals surface area contributed by atoms with Crippen LogP contribution in [0.3, 0.4) is 0 Å². The molecule has 0 aliphatic heterocycles. The molecule has 7 nitrogen and oxygen atoms in total. The number of halogens is 3. The van der Waals surface area contributed by atoms with Gasteiger partial charge in [-0.15, -0.1) is 10.2 Å². The van der Waals surface area contributed by atoms with E-state index in [4.69, 9.17) is 4.42 Å². The first-order valence-corrected chi connectivity index (χ1v) is 7.17. The molecule has 0 atom stereocenters. The predicted molar refractivity (Wildman–Crippen MR) is 73.8 cm³/mol. The zero-order chi connectivity index (χ0) is 16.4. The van der Waals surface area contributed by atoms with Crippen molar-refractivity contribution in [2.45, 2.75) is 11.4 Å². The minimum absolute atomic E-state index is 0.0665. The minimum Gasteiger partial charge on any atom is -0.396 e. The third-order valence-corrected chi connectivity index (χ3v) is 3.49. The van der Waals surface area contributed by atoms with Crippen LogP contribution in [0.1, 0.15) is 5.56 Å². The van der Waals surface area contributed by atoms with E-state index in [1.54, 1.807) is 0 Å². The van der Waals surface area contributed by atoms with Crippen LogP contribution in [0, 0.1) is 0 Å². The van der Waals surface area contributed by atoms with Gasteiger partial charge in [0.2, 0.25) is 5.91 Å². The number of thioether (sulfide) groups is 1. The molecule has 0 aliphatic rings. The molecule has 1 N–H and O–H groups in total. The van der Waals surface area contributed by atoms with E-state index in [1.165, 1.54) is 23.0 Å². The van der Waals surface area contributed by atoms with Gasteiger partial charge in [0.25, 0.3) is 5.22 Å². The van der Waals surface area contributed by atoms with Gasteiger partial charge >= 0.3 is 12.0 Å². The highest BCUT2D eigenvalue weighted by molar-refractivity contribution is 7.99. The van der Waals surface area contributed by atoms with E-state index >= 15 is 0 Å². The standard InChI is InChI=1S/C12H8F3N5O2S/c13-12(14,15)7-2-1-3-8(4-7)17-9(21)5-23-11-19-20-6-16-18-10(20)22-11/h1-4,6H,5H2,(H,17,21). The Kier molecular flexibility index (Phi) is 3.94. The number of hydrogen-bond acceptors (Lipinski definition) is 6. The Morgan fingerprint density at radius 2 is 2.22 bits per heavy atom. The monoisotopic (exact) mass is 343 g/mol. The lowest BCUT2D eigenvalue weighted by atomic mass is 10.2. The Labute approximate surface area is 130 Å². The van der Waals surface area contributed by atoms with Crippen LogP contribution in [-0.4, -0.2) is 31.5 Å². The first-order valence-electron chi connectivity index (χ1n) is 6.18. The average molecular weight is 343 g/mol. The van der Waals surface area contributed by atoms with Gasteiger partial charge in [-0.05, 0) is 18.2 Å². The number of fused-ring (bicyclic) bond motifs is 1. The fourth-order valence-corrected chi connectivity index (χ4v) is 2.30. The lowest BCUT2D eigenvalue weighted by Crippen LogP contribution is -2.15. The smallest absolute Gasteiger partial charge is 0.396 e. The lowest BCUT2D eigenvalue weighted by molar-refractivity contribution is -0.137. The molecule has 0 spiro atoms. The number of nitrogens with zero attached hydrogens (tertiary/aromatic N) is 4. The number of amides is 1. The zero-order valence-electron chi connectivity index (χ0n) is 11.2. The Hall–Kier alpha value is -2.56. The van der Waals surface area contributed by atoms with Gasteiger partial charge in [0, 0.05) is 5.69 Å². The molecule has 23 heavy (non-hydrogen) atoms. The van der Waals surface area contributed by atoms with E-state index in [1.807, 2.05) is 0 Å². The summed E-state index contributed by atoms with van der Waals surface area (Å²) in [5.41, 5.74) is -0.763. The van der Waals surface area contributed by atoms with Crippen LogP contribution < -0.4 is 5.32 Å². The van der Waals surface area contributed by atoms with Crippen molar-refractivity contribution >= 4 is 29.2 Å². The van der Waals surface area contributed by atoms with Gasteiger partial charge < -0.3 is 9.73 Å². The second-order valence-corrected chi connectivity index (χ2v) is 5.27. The molecule has 0 unspecified atom stereocenters. The van der Waals surface area contributed by atoms with Gasteiger partial charge in [-0.1, -0.05) is 22.9 Å². The van der Waals surface area contributed by atoms with Crippen molar-refractivity contribution in [1.82, 2.24) is 19.8 Å². The molecular weight excluding hydrogens is 335 g/mol. The first kappa shape index (κ1) is 15.3. The quantitative estimate of drug-likeness (QED) is 0.733. The number of anilines is 1. The minimum atomic E-state index is -4.46. The van der Waals surface area contributed by atoms with E-state index < -0.39 is 17.6 Å². The summed E-state index contributed by atoms with van der Waals surface area (Å²) in [6.07, 6.45) is -3.12. The van der Waals surface area contributed by atoms with Crippen LogP contribution in [0.4, 0.5) is 18.9 Å². The number of benzene rings is 1. The van der Waals surface area contributed by atoms with Crippen molar-refractivity contribution in [2.75, 3.05) is 11.1 Å². The molecule has 11 heteroatoms. The Morgan fingerprint density at radius 1 is 1.39 bits per heavy atom. The number of hydrogen-bond donors (Lipinski definition) is 1. The third kappa shape index (κ3) is 3.62. The SMILES string of the molecule is O=C(CSc1nn2cnnc2o1)Nc1cccc(C(F)(F)F)c1. The fraction of sp³-hybridized carbons (Fsp3) is 0.167. The van der Waals surface area contributed by atoms with Gasteiger partial charge in [0.05, 0.1) is 11.3 Å². The second kappa shape index (κ2) is 5.91. The van der Waals surface area contributed by atoms with Gasteiger partial charge in [0.15, 0.2) is 0 Å². The van der Waals surface area contributed by atoms with Gasteiger partial charge in [0.1, 0.15) is 6.33 Å². The maximum absolute atomic E-state index is 12.6. The topological polar surface area (TPSA) is 85.3 Å². The maximum Gasteiger partial charge on any atom is 0.416 e. The summed E-state index contributed by atoms with van der Waals surface area (Å²) in [4.78, 5) is 11.8. The molecule has 0 radical (unpaired) electrons. The van der Waals surface area contributed by atoms with Crippen LogP contribution in [0.15, 0.2) is 40.2 Å². The highest BCUT2D eigenvalue weighted by Crippen LogP contribution is 2.30.